The molecule has 132 valence electrons. The summed E-state index contributed by atoms with van der Waals surface area (Å²) in [5, 5.41) is 8.34. The Labute approximate surface area is 147 Å². The van der Waals surface area contributed by atoms with Gasteiger partial charge in [-0.1, -0.05) is 30.3 Å². The van der Waals surface area contributed by atoms with Crippen LogP contribution in [0.2, 0.25) is 0 Å². The Hall–Kier alpha value is -2.25. The van der Waals surface area contributed by atoms with Gasteiger partial charge in [0.2, 0.25) is 5.95 Å². The molecule has 4 rings (SSSR count). The summed E-state index contributed by atoms with van der Waals surface area (Å²) in [5.41, 5.74) is 1.22. The maximum Gasteiger partial charge on any atom is 0.247 e. The number of benzene rings is 1. The average molecular weight is 341 g/mol. The molecule has 0 atom stereocenters. The Morgan fingerprint density at radius 2 is 1.84 bits per heavy atom. The number of aromatic nitrogens is 3. The van der Waals surface area contributed by atoms with Crippen molar-refractivity contribution in [2.75, 3.05) is 43.2 Å². The number of anilines is 2. The SMILES string of the molecule is CN(Cc1ccccc1)c1nncc(N2CCC3(CC2)OCCO3)n1. The highest BCUT2D eigenvalue weighted by atomic mass is 16.7. The van der Waals surface area contributed by atoms with Gasteiger partial charge in [0.15, 0.2) is 11.6 Å². The quantitative estimate of drug-likeness (QED) is 0.841. The maximum absolute atomic E-state index is 5.79. The molecule has 2 saturated heterocycles. The smallest absolute Gasteiger partial charge is 0.247 e. The van der Waals surface area contributed by atoms with Crippen molar-refractivity contribution in [2.24, 2.45) is 0 Å². The van der Waals surface area contributed by atoms with E-state index in [4.69, 9.17) is 14.5 Å². The fraction of sp³-hybridized carbons (Fsp3) is 0.500. The number of rotatable bonds is 4. The highest BCUT2D eigenvalue weighted by molar-refractivity contribution is 5.42. The van der Waals surface area contributed by atoms with Gasteiger partial charge in [-0.2, -0.15) is 10.1 Å². The van der Waals surface area contributed by atoms with Crippen LogP contribution in [0.5, 0.6) is 0 Å². The molecule has 0 amide bonds. The van der Waals surface area contributed by atoms with Crippen molar-refractivity contribution >= 4 is 11.8 Å². The molecule has 3 heterocycles. The van der Waals surface area contributed by atoms with Crippen molar-refractivity contribution in [1.82, 2.24) is 15.2 Å². The summed E-state index contributed by atoms with van der Waals surface area (Å²) in [6.07, 6.45) is 3.44. The van der Waals surface area contributed by atoms with Crippen molar-refractivity contribution < 1.29 is 9.47 Å². The van der Waals surface area contributed by atoms with Crippen LogP contribution in [0.4, 0.5) is 11.8 Å². The van der Waals surface area contributed by atoms with E-state index in [1.807, 2.05) is 30.1 Å². The van der Waals surface area contributed by atoms with Crippen LogP contribution in [0.15, 0.2) is 36.5 Å². The Balaban J connectivity index is 1.43. The lowest BCUT2D eigenvalue weighted by Crippen LogP contribution is -2.45. The van der Waals surface area contributed by atoms with Gasteiger partial charge >= 0.3 is 0 Å². The van der Waals surface area contributed by atoms with Gasteiger partial charge in [-0.05, 0) is 5.56 Å². The van der Waals surface area contributed by atoms with Gasteiger partial charge < -0.3 is 19.3 Å². The summed E-state index contributed by atoms with van der Waals surface area (Å²) >= 11 is 0. The molecule has 2 aliphatic rings. The minimum atomic E-state index is -0.371. The fourth-order valence-corrected chi connectivity index (χ4v) is 3.39. The van der Waals surface area contributed by atoms with Crippen LogP contribution in [-0.4, -0.2) is 54.3 Å². The molecule has 0 aliphatic carbocycles. The molecule has 2 fully saturated rings. The summed E-state index contributed by atoms with van der Waals surface area (Å²) in [6.45, 7) is 3.84. The minimum Gasteiger partial charge on any atom is -0.355 e. The Morgan fingerprint density at radius 3 is 2.56 bits per heavy atom. The van der Waals surface area contributed by atoms with Crippen LogP contribution in [0.3, 0.4) is 0 Å². The van der Waals surface area contributed by atoms with E-state index < -0.39 is 0 Å². The van der Waals surface area contributed by atoms with E-state index >= 15 is 0 Å². The van der Waals surface area contributed by atoms with E-state index in [0.29, 0.717) is 19.2 Å². The highest BCUT2D eigenvalue weighted by Crippen LogP contribution is 2.32. The fourth-order valence-electron chi connectivity index (χ4n) is 3.39. The van der Waals surface area contributed by atoms with Crippen molar-refractivity contribution in [3.05, 3.63) is 42.1 Å². The molecular weight excluding hydrogens is 318 g/mol. The van der Waals surface area contributed by atoms with E-state index in [0.717, 1.165) is 38.3 Å². The van der Waals surface area contributed by atoms with Crippen LogP contribution in [0.1, 0.15) is 18.4 Å². The first-order valence-corrected chi connectivity index (χ1v) is 8.72. The summed E-state index contributed by atoms with van der Waals surface area (Å²) in [6, 6.07) is 10.3. The van der Waals surface area contributed by atoms with Gasteiger partial charge in [-0.25, -0.2) is 0 Å². The molecule has 1 aromatic carbocycles. The minimum absolute atomic E-state index is 0.371. The monoisotopic (exact) mass is 341 g/mol. The van der Waals surface area contributed by atoms with Crippen molar-refractivity contribution in [3.63, 3.8) is 0 Å². The molecular formula is C18H23N5O2. The topological polar surface area (TPSA) is 63.6 Å². The van der Waals surface area contributed by atoms with Gasteiger partial charge in [0.25, 0.3) is 0 Å². The number of nitrogens with zero attached hydrogens (tertiary/aromatic N) is 5. The molecule has 1 aromatic heterocycles. The largest absolute Gasteiger partial charge is 0.355 e. The van der Waals surface area contributed by atoms with Crippen molar-refractivity contribution in [3.8, 4) is 0 Å². The second-order valence-corrected chi connectivity index (χ2v) is 6.55. The zero-order chi connectivity index (χ0) is 17.1. The number of hydrogen-bond acceptors (Lipinski definition) is 7. The molecule has 0 saturated carbocycles. The normalized spacial score (nSPS) is 19.3. The maximum atomic E-state index is 5.79. The second-order valence-electron chi connectivity index (χ2n) is 6.55. The van der Waals surface area contributed by atoms with Crippen molar-refractivity contribution in [2.45, 2.75) is 25.2 Å². The molecule has 0 radical (unpaired) electrons. The van der Waals surface area contributed by atoms with Crippen LogP contribution in [0.25, 0.3) is 0 Å². The molecule has 0 unspecified atom stereocenters. The van der Waals surface area contributed by atoms with Gasteiger partial charge in [-0.3, -0.25) is 0 Å². The summed E-state index contributed by atoms with van der Waals surface area (Å²) < 4.78 is 11.6. The van der Waals surface area contributed by atoms with E-state index in [2.05, 4.69) is 27.2 Å². The summed E-state index contributed by atoms with van der Waals surface area (Å²) in [5.74, 6) is 1.12. The van der Waals surface area contributed by atoms with E-state index in [9.17, 15) is 0 Å². The lowest BCUT2D eigenvalue weighted by atomic mass is 10.0. The van der Waals surface area contributed by atoms with Gasteiger partial charge in [0.05, 0.1) is 19.4 Å². The lowest BCUT2D eigenvalue weighted by molar-refractivity contribution is -0.169. The van der Waals surface area contributed by atoms with E-state index in [1.54, 1.807) is 6.20 Å². The third-order valence-electron chi connectivity index (χ3n) is 4.80. The van der Waals surface area contributed by atoms with E-state index in [-0.39, 0.29) is 5.79 Å². The molecule has 1 spiro atoms. The predicted octanol–water partition coefficient (Wildman–Crippen LogP) is 1.85. The number of piperidine rings is 1. The molecule has 0 bridgehead atoms. The molecule has 2 aromatic rings. The first-order chi connectivity index (χ1) is 12.2. The Bertz CT molecular complexity index is 696. The Kier molecular flexibility index (Phi) is 4.50. The van der Waals surface area contributed by atoms with Gasteiger partial charge in [0.1, 0.15) is 0 Å². The lowest BCUT2D eigenvalue weighted by Gasteiger charge is -2.38. The molecule has 7 nitrogen and oxygen atoms in total. The number of ether oxygens (including phenoxy) is 2. The van der Waals surface area contributed by atoms with Crippen LogP contribution >= 0.6 is 0 Å². The van der Waals surface area contributed by atoms with Crippen molar-refractivity contribution in [1.29, 1.82) is 0 Å². The zero-order valence-corrected chi connectivity index (χ0v) is 14.5. The standard InChI is InChI=1S/C18H23N5O2/c1-22(14-15-5-3-2-4-6-15)17-20-16(13-19-21-17)23-9-7-18(8-10-23)24-11-12-25-18/h2-6,13H,7-12,14H2,1H3. The first-order valence-electron chi connectivity index (χ1n) is 8.72. The van der Waals surface area contributed by atoms with Gasteiger partial charge in [0, 0.05) is 39.5 Å². The van der Waals surface area contributed by atoms with E-state index in [1.165, 1.54) is 5.56 Å². The van der Waals surface area contributed by atoms with Gasteiger partial charge in [-0.15, -0.1) is 5.10 Å². The molecule has 7 heteroatoms. The predicted molar refractivity (Wildman–Crippen MR) is 94.5 cm³/mol. The highest BCUT2D eigenvalue weighted by Gasteiger charge is 2.40. The van der Waals surface area contributed by atoms with Crippen LogP contribution in [-0.2, 0) is 16.0 Å². The average Bonchev–Trinajstić information content (AvgIpc) is 3.11. The number of hydrogen-bond donors (Lipinski definition) is 0. The second kappa shape index (κ2) is 6.93. The molecule has 2 aliphatic heterocycles. The van der Waals surface area contributed by atoms with Crippen LogP contribution in [0, 0.1) is 0 Å². The first kappa shape index (κ1) is 16.2. The summed E-state index contributed by atoms with van der Waals surface area (Å²) in [7, 11) is 1.99. The Morgan fingerprint density at radius 1 is 1.12 bits per heavy atom. The third-order valence-corrected chi connectivity index (χ3v) is 4.80. The molecule has 25 heavy (non-hydrogen) atoms. The molecule has 0 N–H and O–H groups in total. The van der Waals surface area contributed by atoms with Crippen LogP contribution < -0.4 is 9.80 Å². The zero-order valence-electron chi connectivity index (χ0n) is 14.5. The third kappa shape index (κ3) is 3.57. The summed E-state index contributed by atoms with van der Waals surface area (Å²) in [4.78, 5) is 8.95.